The summed E-state index contributed by atoms with van der Waals surface area (Å²) in [4.78, 5) is 11.4. The monoisotopic (exact) mass is 242 g/mol. The van der Waals surface area contributed by atoms with E-state index in [1.807, 2.05) is 0 Å². The van der Waals surface area contributed by atoms with Gasteiger partial charge in [0, 0.05) is 13.7 Å². The first kappa shape index (κ1) is 14.5. The molecule has 1 aliphatic rings. The van der Waals surface area contributed by atoms with Crippen molar-refractivity contribution in [2.24, 2.45) is 11.8 Å². The summed E-state index contributed by atoms with van der Waals surface area (Å²) in [6.07, 6.45) is 5.36. The molecule has 0 aromatic carbocycles. The van der Waals surface area contributed by atoms with Crippen LogP contribution in [0.15, 0.2) is 0 Å². The molecule has 4 heteroatoms. The SMILES string of the molecule is COCCNC(=O)CNCC1CCCCC1C. The Labute approximate surface area is 104 Å². The summed E-state index contributed by atoms with van der Waals surface area (Å²) in [5.41, 5.74) is 0. The lowest BCUT2D eigenvalue weighted by molar-refractivity contribution is -0.120. The van der Waals surface area contributed by atoms with Crippen LogP contribution >= 0.6 is 0 Å². The molecule has 1 rings (SSSR count). The number of methoxy groups -OCH3 is 1. The van der Waals surface area contributed by atoms with Gasteiger partial charge < -0.3 is 15.4 Å². The normalized spacial score (nSPS) is 24.6. The van der Waals surface area contributed by atoms with E-state index in [0.29, 0.717) is 19.7 Å². The van der Waals surface area contributed by atoms with Crippen LogP contribution < -0.4 is 10.6 Å². The molecule has 0 heterocycles. The zero-order valence-corrected chi connectivity index (χ0v) is 11.1. The Balaban J connectivity index is 2.04. The molecular formula is C13H26N2O2. The van der Waals surface area contributed by atoms with E-state index in [1.54, 1.807) is 7.11 Å². The van der Waals surface area contributed by atoms with Gasteiger partial charge in [0.2, 0.25) is 5.91 Å². The van der Waals surface area contributed by atoms with E-state index in [0.717, 1.165) is 18.4 Å². The highest BCUT2D eigenvalue weighted by atomic mass is 16.5. The summed E-state index contributed by atoms with van der Waals surface area (Å²) in [6.45, 7) is 4.89. The molecule has 1 aliphatic carbocycles. The maximum Gasteiger partial charge on any atom is 0.234 e. The number of nitrogens with one attached hydrogen (secondary N) is 2. The number of hydrogen-bond donors (Lipinski definition) is 2. The molecule has 0 aliphatic heterocycles. The third kappa shape index (κ3) is 6.03. The van der Waals surface area contributed by atoms with Crippen LogP contribution in [-0.2, 0) is 9.53 Å². The molecule has 0 radical (unpaired) electrons. The average molecular weight is 242 g/mol. The summed E-state index contributed by atoms with van der Waals surface area (Å²) in [5.74, 6) is 1.61. The molecule has 0 aromatic heterocycles. The summed E-state index contributed by atoms with van der Waals surface area (Å²) in [5, 5.41) is 6.07. The standard InChI is InChI=1S/C13H26N2O2/c1-11-5-3-4-6-12(11)9-14-10-13(16)15-7-8-17-2/h11-12,14H,3-10H2,1-2H3,(H,15,16). The van der Waals surface area contributed by atoms with Crippen molar-refractivity contribution in [2.45, 2.75) is 32.6 Å². The molecule has 17 heavy (non-hydrogen) atoms. The van der Waals surface area contributed by atoms with Crippen LogP contribution in [0.3, 0.4) is 0 Å². The van der Waals surface area contributed by atoms with Gasteiger partial charge in [-0.3, -0.25) is 4.79 Å². The molecule has 1 saturated carbocycles. The Morgan fingerprint density at radius 1 is 1.35 bits per heavy atom. The average Bonchev–Trinajstić information content (AvgIpc) is 2.32. The molecule has 2 unspecified atom stereocenters. The highest BCUT2D eigenvalue weighted by Crippen LogP contribution is 2.28. The molecule has 1 fully saturated rings. The second-order valence-corrected chi connectivity index (χ2v) is 5.00. The number of hydrogen-bond acceptors (Lipinski definition) is 3. The van der Waals surface area contributed by atoms with Crippen LogP contribution in [0.4, 0.5) is 0 Å². The van der Waals surface area contributed by atoms with E-state index in [2.05, 4.69) is 17.6 Å². The van der Waals surface area contributed by atoms with Crippen molar-refractivity contribution in [1.29, 1.82) is 0 Å². The Morgan fingerprint density at radius 2 is 2.12 bits per heavy atom. The second kappa shape index (κ2) is 8.48. The number of amides is 1. The van der Waals surface area contributed by atoms with Gasteiger partial charge in [0.25, 0.3) is 0 Å². The second-order valence-electron chi connectivity index (χ2n) is 5.00. The lowest BCUT2D eigenvalue weighted by Crippen LogP contribution is -2.38. The maximum absolute atomic E-state index is 11.4. The largest absolute Gasteiger partial charge is 0.383 e. The van der Waals surface area contributed by atoms with E-state index in [9.17, 15) is 4.79 Å². The predicted octanol–water partition coefficient (Wildman–Crippen LogP) is 1.16. The molecule has 0 aromatic rings. The van der Waals surface area contributed by atoms with E-state index in [1.165, 1.54) is 25.7 Å². The van der Waals surface area contributed by atoms with Crippen LogP contribution in [-0.4, -0.2) is 39.3 Å². The molecule has 100 valence electrons. The van der Waals surface area contributed by atoms with Crippen molar-refractivity contribution < 1.29 is 9.53 Å². The lowest BCUT2D eigenvalue weighted by Gasteiger charge is -2.28. The minimum absolute atomic E-state index is 0.0607. The third-order valence-electron chi connectivity index (χ3n) is 3.61. The maximum atomic E-state index is 11.4. The van der Waals surface area contributed by atoms with Gasteiger partial charge in [-0.15, -0.1) is 0 Å². The number of ether oxygens (including phenoxy) is 1. The van der Waals surface area contributed by atoms with Crippen molar-refractivity contribution in [3.8, 4) is 0 Å². The van der Waals surface area contributed by atoms with Crippen LogP contribution in [0.25, 0.3) is 0 Å². The summed E-state index contributed by atoms with van der Waals surface area (Å²) >= 11 is 0. The molecule has 1 amide bonds. The van der Waals surface area contributed by atoms with E-state index in [4.69, 9.17) is 4.74 Å². The van der Waals surface area contributed by atoms with Crippen molar-refractivity contribution in [1.82, 2.24) is 10.6 Å². The topological polar surface area (TPSA) is 50.4 Å². The molecule has 2 N–H and O–H groups in total. The first-order chi connectivity index (χ1) is 8.24. The Bertz CT molecular complexity index is 221. The zero-order chi connectivity index (χ0) is 12.5. The van der Waals surface area contributed by atoms with E-state index in [-0.39, 0.29) is 5.91 Å². The Morgan fingerprint density at radius 3 is 2.82 bits per heavy atom. The highest BCUT2D eigenvalue weighted by Gasteiger charge is 2.20. The Kier molecular flexibility index (Phi) is 7.21. The van der Waals surface area contributed by atoms with Crippen molar-refractivity contribution in [3.05, 3.63) is 0 Å². The molecule has 0 saturated heterocycles. The fourth-order valence-electron chi connectivity index (χ4n) is 2.42. The quantitative estimate of drug-likeness (QED) is 0.659. The van der Waals surface area contributed by atoms with Gasteiger partial charge in [0.15, 0.2) is 0 Å². The van der Waals surface area contributed by atoms with Gasteiger partial charge in [-0.25, -0.2) is 0 Å². The van der Waals surface area contributed by atoms with Gasteiger partial charge in [-0.2, -0.15) is 0 Å². The van der Waals surface area contributed by atoms with Crippen molar-refractivity contribution in [3.63, 3.8) is 0 Å². The third-order valence-corrected chi connectivity index (χ3v) is 3.61. The summed E-state index contributed by atoms with van der Waals surface area (Å²) in [6, 6.07) is 0. The first-order valence-electron chi connectivity index (χ1n) is 6.70. The fourth-order valence-corrected chi connectivity index (χ4v) is 2.42. The van der Waals surface area contributed by atoms with Gasteiger partial charge in [0.05, 0.1) is 13.2 Å². The van der Waals surface area contributed by atoms with E-state index >= 15 is 0 Å². The predicted molar refractivity (Wildman–Crippen MR) is 68.9 cm³/mol. The van der Waals surface area contributed by atoms with Crippen LogP contribution in [0.2, 0.25) is 0 Å². The Hall–Kier alpha value is -0.610. The van der Waals surface area contributed by atoms with E-state index < -0.39 is 0 Å². The minimum Gasteiger partial charge on any atom is -0.383 e. The number of carbonyl (C=O) groups excluding carboxylic acids is 1. The number of carbonyl (C=O) groups is 1. The molecule has 2 atom stereocenters. The highest BCUT2D eigenvalue weighted by molar-refractivity contribution is 5.77. The minimum atomic E-state index is 0.0607. The van der Waals surface area contributed by atoms with Crippen LogP contribution in [0.5, 0.6) is 0 Å². The molecule has 0 bridgehead atoms. The molecule has 0 spiro atoms. The van der Waals surface area contributed by atoms with Crippen LogP contribution in [0, 0.1) is 11.8 Å². The van der Waals surface area contributed by atoms with Gasteiger partial charge >= 0.3 is 0 Å². The molecule has 4 nitrogen and oxygen atoms in total. The van der Waals surface area contributed by atoms with Gasteiger partial charge in [0.1, 0.15) is 0 Å². The molecular weight excluding hydrogens is 216 g/mol. The van der Waals surface area contributed by atoms with Gasteiger partial charge in [-0.1, -0.05) is 26.2 Å². The van der Waals surface area contributed by atoms with Crippen molar-refractivity contribution >= 4 is 5.91 Å². The fraction of sp³-hybridized carbons (Fsp3) is 0.923. The zero-order valence-electron chi connectivity index (χ0n) is 11.1. The smallest absolute Gasteiger partial charge is 0.234 e. The van der Waals surface area contributed by atoms with Gasteiger partial charge in [-0.05, 0) is 24.8 Å². The lowest BCUT2D eigenvalue weighted by atomic mass is 9.80. The first-order valence-corrected chi connectivity index (χ1v) is 6.70. The number of rotatable bonds is 7. The van der Waals surface area contributed by atoms with Crippen LogP contribution in [0.1, 0.15) is 32.6 Å². The van der Waals surface area contributed by atoms with Crippen molar-refractivity contribution in [2.75, 3.05) is 33.4 Å². The summed E-state index contributed by atoms with van der Waals surface area (Å²) in [7, 11) is 1.63. The summed E-state index contributed by atoms with van der Waals surface area (Å²) < 4.78 is 4.87.